The molecular weight excluding hydrogens is 278 g/mol. The maximum absolute atomic E-state index is 12.5. The van der Waals surface area contributed by atoms with Crippen LogP contribution in [0.4, 0.5) is 0 Å². The molecule has 4 heteroatoms. The maximum Gasteiger partial charge on any atom is 0.478 e. The summed E-state index contributed by atoms with van der Waals surface area (Å²) < 4.78 is 0. The van der Waals surface area contributed by atoms with Gasteiger partial charge in [-0.3, -0.25) is 0 Å². The Labute approximate surface area is 127 Å². The first-order chi connectivity index (χ1) is 10.6. The van der Waals surface area contributed by atoms with Crippen LogP contribution in [-0.2, 0) is 9.68 Å². The molecule has 22 heavy (non-hydrogen) atoms. The van der Waals surface area contributed by atoms with Crippen LogP contribution in [0.3, 0.4) is 0 Å². The average molecular weight is 296 g/mol. The average Bonchev–Trinajstić information content (AvgIpc) is 2.46. The van der Waals surface area contributed by atoms with Gasteiger partial charge >= 0.3 is 5.09 Å². The first kappa shape index (κ1) is 9.48. The maximum atomic E-state index is 12.5. The Balaban J connectivity index is 0.981. The first-order valence-corrected chi connectivity index (χ1v) is 9.42. The van der Waals surface area contributed by atoms with E-state index in [-0.39, 0.29) is 11.2 Å². The monoisotopic (exact) mass is 296 g/mol. The van der Waals surface area contributed by atoms with Crippen molar-refractivity contribution in [3.8, 4) is 0 Å². The van der Waals surface area contributed by atoms with Crippen molar-refractivity contribution in [1.82, 2.24) is 0 Å². The van der Waals surface area contributed by atoms with Gasteiger partial charge < -0.3 is 0 Å². The molecule has 8 unspecified atom stereocenters. The van der Waals surface area contributed by atoms with Gasteiger partial charge in [-0.25, -0.2) is 0 Å². The quantitative estimate of drug-likeness (QED) is 0.741. The van der Waals surface area contributed by atoms with Gasteiger partial charge in [-0.05, 0) is 46.3 Å². The highest BCUT2D eigenvalue weighted by atomic mass is 17.0. The lowest BCUT2D eigenvalue weighted by Crippen LogP contribution is -3.13. The number of rotatable bonds is 4. The fourth-order valence-corrected chi connectivity index (χ4v) is 12.9. The SMILES string of the molecule is CC12C3C4C5C3C1C5(O[N+](=O)OC13C5C6C7C5C1C7(C)C63)C42. The normalized spacial score (nSPS) is 95.7. The molecule has 12 fully saturated rings. The number of hydrogen-bond donors (Lipinski definition) is 0. The summed E-state index contributed by atoms with van der Waals surface area (Å²) in [5.74, 6) is 10.0. The van der Waals surface area contributed by atoms with Crippen molar-refractivity contribution in [2.45, 2.75) is 25.0 Å². The fourth-order valence-electron chi connectivity index (χ4n) is 12.9. The third-order valence-electron chi connectivity index (χ3n) is 12.4. The second-order valence-electron chi connectivity index (χ2n) is 11.2. The molecule has 0 aromatic heterocycles. The van der Waals surface area contributed by atoms with Gasteiger partial charge in [-0.15, -0.1) is 0 Å². The molecule has 0 saturated heterocycles. The second kappa shape index (κ2) is 1.81. The van der Waals surface area contributed by atoms with Gasteiger partial charge in [0.25, 0.3) is 0 Å². The lowest BCUT2D eigenvalue weighted by molar-refractivity contribution is -1.05. The van der Waals surface area contributed by atoms with Crippen LogP contribution in [0.5, 0.6) is 0 Å². The Morgan fingerprint density at radius 1 is 0.682 bits per heavy atom. The van der Waals surface area contributed by atoms with Crippen LogP contribution in [0, 0.1) is 86.8 Å². The summed E-state index contributed by atoms with van der Waals surface area (Å²) in [4.78, 5) is 24.5. The number of nitrogens with zero attached hydrogens (tertiary/aromatic N) is 1. The van der Waals surface area contributed by atoms with Crippen LogP contribution in [0.2, 0.25) is 0 Å². The van der Waals surface area contributed by atoms with Crippen molar-refractivity contribution >= 4 is 0 Å². The minimum Gasteiger partial charge on any atom is -0.179 e. The molecule has 0 radical (unpaired) electrons. The molecule has 0 amide bonds. The molecule has 0 bridgehead atoms. The van der Waals surface area contributed by atoms with Crippen molar-refractivity contribution < 1.29 is 14.8 Å². The Morgan fingerprint density at radius 2 is 1.05 bits per heavy atom. The molecule has 0 N–H and O–H groups in total. The van der Waals surface area contributed by atoms with Crippen molar-refractivity contribution in [3.63, 3.8) is 0 Å². The molecule has 0 spiro atoms. The zero-order valence-electron chi connectivity index (χ0n) is 12.6. The van der Waals surface area contributed by atoms with E-state index in [1.54, 1.807) is 0 Å². The molecule has 12 saturated carbocycles. The summed E-state index contributed by atoms with van der Waals surface area (Å²) in [6.07, 6.45) is 0. The fraction of sp³-hybridized carbons (Fsp3) is 1.00. The minimum atomic E-state index is -0.0523. The van der Waals surface area contributed by atoms with Gasteiger partial charge in [0.15, 0.2) is 0 Å². The van der Waals surface area contributed by atoms with Crippen molar-refractivity contribution in [2.24, 2.45) is 81.8 Å². The zero-order chi connectivity index (χ0) is 13.9. The summed E-state index contributed by atoms with van der Waals surface area (Å²) in [7, 11) is 0. The van der Waals surface area contributed by atoms with Crippen LogP contribution in [0.25, 0.3) is 0 Å². The van der Waals surface area contributed by atoms with Gasteiger partial charge in [0.1, 0.15) is 4.91 Å². The van der Waals surface area contributed by atoms with Crippen LogP contribution in [0.15, 0.2) is 0 Å². The molecule has 0 aliphatic heterocycles. The molecule has 8 atom stereocenters. The third kappa shape index (κ3) is 0.381. The summed E-state index contributed by atoms with van der Waals surface area (Å²) >= 11 is 0. The third-order valence-corrected chi connectivity index (χ3v) is 12.4. The van der Waals surface area contributed by atoms with Gasteiger partial charge in [0.05, 0.1) is 0 Å². The molecular formula is C18H18NO3+. The molecule has 0 aromatic carbocycles. The Bertz CT molecular complexity index is 728. The summed E-state index contributed by atoms with van der Waals surface area (Å²) in [5.41, 5.74) is 1.03. The minimum absolute atomic E-state index is 0.0523. The van der Waals surface area contributed by atoms with E-state index in [1.807, 2.05) is 0 Å². The van der Waals surface area contributed by atoms with Crippen LogP contribution < -0.4 is 0 Å². The first-order valence-electron chi connectivity index (χ1n) is 9.42. The highest BCUT2D eigenvalue weighted by molar-refractivity contribution is 5.57. The van der Waals surface area contributed by atoms with Crippen molar-refractivity contribution in [2.75, 3.05) is 0 Å². The molecule has 0 heterocycles. The standard InChI is InChI=1S/C18H18NO3/c1-15-7-3-9-4(7)12(15)17(9,11(3)15)21-19(20)22-18-10-5-8-6(10)14(18)16(8,2)13(5)18/h3-14H,1-2H3/q+1. The largest absolute Gasteiger partial charge is 0.478 e. The van der Waals surface area contributed by atoms with E-state index in [0.29, 0.717) is 39.6 Å². The van der Waals surface area contributed by atoms with E-state index < -0.39 is 0 Å². The second-order valence-corrected chi connectivity index (χ2v) is 11.2. The lowest BCUT2D eigenvalue weighted by Gasteiger charge is -3.08. The number of hydrogen-bond acceptors (Lipinski definition) is 3. The molecule has 112 valence electrons. The Morgan fingerprint density at radius 3 is 1.36 bits per heavy atom. The van der Waals surface area contributed by atoms with E-state index >= 15 is 0 Å². The van der Waals surface area contributed by atoms with Crippen LogP contribution >= 0.6 is 0 Å². The summed E-state index contributed by atoms with van der Waals surface area (Å²) in [6, 6.07) is 0. The zero-order valence-corrected chi connectivity index (χ0v) is 12.6. The van der Waals surface area contributed by atoms with E-state index in [9.17, 15) is 4.91 Å². The van der Waals surface area contributed by atoms with E-state index in [2.05, 4.69) is 13.8 Å². The highest BCUT2D eigenvalue weighted by Crippen LogP contribution is 3.09. The van der Waals surface area contributed by atoms with E-state index in [1.165, 1.54) is 0 Å². The van der Waals surface area contributed by atoms with Crippen LogP contribution in [-0.4, -0.2) is 16.3 Å². The van der Waals surface area contributed by atoms with Gasteiger partial charge in [-0.2, -0.15) is 9.68 Å². The molecule has 12 aliphatic rings. The van der Waals surface area contributed by atoms with Gasteiger partial charge in [0, 0.05) is 35.5 Å². The molecule has 12 aliphatic carbocycles. The topological polar surface area (TPSA) is 38.5 Å². The van der Waals surface area contributed by atoms with Crippen LogP contribution in [0.1, 0.15) is 13.8 Å². The van der Waals surface area contributed by atoms with Crippen molar-refractivity contribution in [3.05, 3.63) is 4.91 Å². The van der Waals surface area contributed by atoms with E-state index in [4.69, 9.17) is 9.68 Å². The molecule has 4 nitrogen and oxygen atoms in total. The lowest BCUT2D eigenvalue weighted by atomic mass is 8.95. The smallest absolute Gasteiger partial charge is 0.179 e. The summed E-state index contributed by atoms with van der Waals surface area (Å²) in [6.45, 7) is 4.87. The Kier molecular flexibility index (Phi) is 0.779. The highest BCUT2D eigenvalue weighted by Gasteiger charge is 3.14. The molecule has 0 aromatic rings. The van der Waals surface area contributed by atoms with Crippen molar-refractivity contribution in [1.29, 1.82) is 0 Å². The van der Waals surface area contributed by atoms with Gasteiger partial charge in [-0.1, -0.05) is 13.8 Å². The van der Waals surface area contributed by atoms with E-state index in [0.717, 1.165) is 47.3 Å². The summed E-state index contributed by atoms with van der Waals surface area (Å²) in [5, 5.41) is 0.620. The Hall–Kier alpha value is -0.800. The predicted molar refractivity (Wildman–Crippen MR) is 69.4 cm³/mol. The predicted octanol–water partition coefficient (Wildman–Crippen LogP) is 1.65. The molecule has 12 rings (SSSR count). The van der Waals surface area contributed by atoms with Gasteiger partial charge in [0.2, 0.25) is 11.2 Å².